The van der Waals surface area contributed by atoms with Gasteiger partial charge in [-0.15, -0.1) is 0 Å². The smallest absolute Gasteiger partial charge is 0.0671 e. The zero-order valence-electron chi connectivity index (χ0n) is 11.7. The standard InChI is InChI=1S/C20H15N/c1-2-6-15(7-3-1)18-10-11-21-20(14-18)19-12-16-8-4-5-9-17(16)13-19/h1-12,14H,13H2. The molecule has 1 heterocycles. The van der Waals surface area contributed by atoms with Crippen LogP contribution in [0.1, 0.15) is 16.8 Å². The van der Waals surface area contributed by atoms with E-state index in [0.717, 1.165) is 12.1 Å². The van der Waals surface area contributed by atoms with Crippen molar-refractivity contribution in [3.63, 3.8) is 0 Å². The Labute approximate surface area is 124 Å². The normalized spacial score (nSPS) is 12.9. The van der Waals surface area contributed by atoms with Crippen molar-refractivity contribution < 1.29 is 0 Å². The summed E-state index contributed by atoms with van der Waals surface area (Å²) in [5, 5.41) is 0. The lowest BCUT2D eigenvalue weighted by atomic mass is 10.0. The highest BCUT2D eigenvalue weighted by molar-refractivity contribution is 5.88. The van der Waals surface area contributed by atoms with E-state index in [1.54, 1.807) is 0 Å². The number of rotatable bonds is 2. The van der Waals surface area contributed by atoms with Crippen molar-refractivity contribution in [2.45, 2.75) is 6.42 Å². The van der Waals surface area contributed by atoms with E-state index in [2.05, 4.69) is 71.7 Å². The number of pyridine rings is 1. The number of fused-ring (bicyclic) bond motifs is 1. The number of allylic oxidation sites excluding steroid dienone is 1. The van der Waals surface area contributed by atoms with Crippen LogP contribution in [0.5, 0.6) is 0 Å². The van der Waals surface area contributed by atoms with Crippen LogP contribution in [0, 0.1) is 0 Å². The maximum atomic E-state index is 4.56. The molecule has 0 saturated heterocycles. The lowest BCUT2D eigenvalue weighted by molar-refractivity contribution is 1.22. The summed E-state index contributed by atoms with van der Waals surface area (Å²) < 4.78 is 0. The van der Waals surface area contributed by atoms with Crippen LogP contribution in [0.25, 0.3) is 22.8 Å². The topological polar surface area (TPSA) is 12.9 Å². The molecule has 0 spiro atoms. The lowest BCUT2D eigenvalue weighted by Gasteiger charge is -2.05. The molecule has 1 aliphatic rings. The van der Waals surface area contributed by atoms with Crippen LogP contribution in [0.15, 0.2) is 72.9 Å². The summed E-state index contributed by atoms with van der Waals surface area (Å²) in [5.74, 6) is 0. The maximum absolute atomic E-state index is 4.56. The largest absolute Gasteiger partial charge is 0.257 e. The Kier molecular flexibility index (Phi) is 2.89. The van der Waals surface area contributed by atoms with Gasteiger partial charge in [0.2, 0.25) is 0 Å². The molecule has 100 valence electrons. The Balaban J connectivity index is 1.72. The summed E-state index contributed by atoms with van der Waals surface area (Å²) in [5.41, 5.74) is 7.54. The molecule has 0 N–H and O–H groups in total. The minimum absolute atomic E-state index is 0.974. The fourth-order valence-corrected chi connectivity index (χ4v) is 2.86. The summed E-state index contributed by atoms with van der Waals surface area (Å²) in [6, 6.07) is 23.3. The molecule has 21 heavy (non-hydrogen) atoms. The van der Waals surface area contributed by atoms with Crippen LogP contribution >= 0.6 is 0 Å². The van der Waals surface area contributed by atoms with E-state index in [9.17, 15) is 0 Å². The molecular formula is C20H15N. The average molecular weight is 269 g/mol. The molecule has 0 fully saturated rings. The van der Waals surface area contributed by atoms with Gasteiger partial charge < -0.3 is 0 Å². The van der Waals surface area contributed by atoms with E-state index in [-0.39, 0.29) is 0 Å². The van der Waals surface area contributed by atoms with Crippen LogP contribution < -0.4 is 0 Å². The van der Waals surface area contributed by atoms with Crippen LogP contribution in [-0.4, -0.2) is 4.98 Å². The van der Waals surface area contributed by atoms with Gasteiger partial charge in [0.15, 0.2) is 0 Å². The van der Waals surface area contributed by atoms with Crippen molar-refractivity contribution in [2.75, 3.05) is 0 Å². The summed E-state index contributed by atoms with van der Waals surface area (Å²) in [6.07, 6.45) is 5.13. The zero-order chi connectivity index (χ0) is 14.1. The number of nitrogens with zero attached hydrogens (tertiary/aromatic N) is 1. The first-order valence-corrected chi connectivity index (χ1v) is 7.20. The highest BCUT2D eigenvalue weighted by Gasteiger charge is 2.14. The molecule has 1 heteroatoms. The summed E-state index contributed by atoms with van der Waals surface area (Å²) >= 11 is 0. The van der Waals surface area contributed by atoms with E-state index in [1.807, 2.05) is 12.3 Å². The molecular weight excluding hydrogens is 254 g/mol. The summed E-state index contributed by atoms with van der Waals surface area (Å²) in [7, 11) is 0. The quantitative estimate of drug-likeness (QED) is 0.648. The Hall–Kier alpha value is -2.67. The lowest BCUT2D eigenvalue weighted by Crippen LogP contribution is -1.90. The highest BCUT2D eigenvalue weighted by atomic mass is 14.7. The molecule has 0 bridgehead atoms. The van der Waals surface area contributed by atoms with Crippen LogP contribution in [-0.2, 0) is 6.42 Å². The molecule has 0 radical (unpaired) electrons. The minimum Gasteiger partial charge on any atom is -0.257 e. The second-order valence-electron chi connectivity index (χ2n) is 5.34. The van der Waals surface area contributed by atoms with Gasteiger partial charge in [0.25, 0.3) is 0 Å². The van der Waals surface area contributed by atoms with Gasteiger partial charge in [-0.1, -0.05) is 54.6 Å². The van der Waals surface area contributed by atoms with Gasteiger partial charge in [0.1, 0.15) is 0 Å². The molecule has 4 rings (SSSR count). The van der Waals surface area contributed by atoms with Crippen molar-refractivity contribution >= 4 is 11.6 Å². The second-order valence-corrected chi connectivity index (χ2v) is 5.34. The third-order valence-electron chi connectivity index (χ3n) is 3.96. The first-order valence-electron chi connectivity index (χ1n) is 7.20. The molecule has 0 saturated carbocycles. The second kappa shape index (κ2) is 5.02. The maximum Gasteiger partial charge on any atom is 0.0671 e. The molecule has 1 aromatic heterocycles. The minimum atomic E-state index is 0.974. The molecule has 1 aliphatic carbocycles. The Morgan fingerprint density at radius 3 is 2.43 bits per heavy atom. The molecule has 0 amide bonds. The SMILES string of the molecule is C1=C(c2cc(-c3ccccc3)ccn2)Cc2ccccc21. The monoisotopic (exact) mass is 269 g/mol. The van der Waals surface area contributed by atoms with Crippen molar-refractivity contribution in [3.8, 4) is 11.1 Å². The third-order valence-corrected chi connectivity index (χ3v) is 3.96. The number of aromatic nitrogens is 1. The number of hydrogen-bond donors (Lipinski definition) is 0. The van der Waals surface area contributed by atoms with E-state index in [4.69, 9.17) is 0 Å². The van der Waals surface area contributed by atoms with Crippen LogP contribution in [0.4, 0.5) is 0 Å². The zero-order valence-corrected chi connectivity index (χ0v) is 11.7. The van der Waals surface area contributed by atoms with Crippen molar-refractivity contribution in [3.05, 3.63) is 89.7 Å². The van der Waals surface area contributed by atoms with E-state index >= 15 is 0 Å². The van der Waals surface area contributed by atoms with Crippen molar-refractivity contribution in [1.82, 2.24) is 4.98 Å². The van der Waals surface area contributed by atoms with Crippen molar-refractivity contribution in [1.29, 1.82) is 0 Å². The fraction of sp³-hybridized carbons (Fsp3) is 0.0500. The predicted octanol–water partition coefficient (Wildman–Crippen LogP) is 4.85. The first kappa shape index (κ1) is 12.1. The summed E-state index contributed by atoms with van der Waals surface area (Å²) in [4.78, 5) is 4.56. The Morgan fingerprint density at radius 1 is 0.762 bits per heavy atom. The van der Waals surface area contributed by atoms with Gasteiger partial charge in [-0.25, -0.2) is 0 Å². The molecule has 1 nitrogen and oxygen atoms in total. The van der Waals surface area contributed by atoms with Gasteiger partial charge in [0.05, 0.1) is 5.69 Å². The van der Waals surface area contributed by atoms with E-state index in [0.29, 0.717) is 0 Å². The number of benzene rings is 2. The molecule has 2 aromatic carbocycles. The molecule has 0 unspecified atom stereocenters. The molecule has 0 aliphatic heterocycles. The van der Waals surface area contributed by atoms with Gasteiger partial charge >= 0.3 is 0 Å². The fourth-order valence-electron chi connectivity index (χ4n) is 2.86. The van der Waals surface area contributed by atoms with E-state index in [1.165, 1.54) is 27.8 Å². The number of hydrogen-bond acceptors (Lipinski definition) is 1. The summed E-state index contributed by atoms with van der Waals surface area (Å²) in [6.45, 7) is 0. The van der Waals surface area contributed by atoms with Gasteiger partial charge in [0, 0.05) is 12.6 Å². The van der Waals surface area contributed by atoms with Crippen molar-refractivity contribution in [2.24, 2.45) is 0 Å². The first-order chi connectivity index (χ1) is 10.4. The highest BCUT2D eigenvalue weighted by Crippen LogP contribution is 2.31. The molecule has 0 atom stereocenters. The van der Waals surface area contributed by atoms with Gasteiger partial charge in [-0.3, -0.25) is 4.98 Å². The third kappa shape index (κ3) is 2.27. The van der Waals surface area contributed by atoms with E-state index < -0.39 is 0 Å². The Morgan fingerprint density at radius 2 is 1.57 bits per heavy atom. The van der Waals surface area contributed by atoms with Gasteiger partial charge in [-0.05, 0) is 46.0 Å². The predicted molar refractivity (Wildman–Crippen MR) is 87.7 cm³/mol. The molecule has 3 aromatic rings. The van der Waals surface area contributed by atoms with Crippen LogP contribution in [0.2, 0.25) is 0 Å². The average Bonchev–Trinajstić information content (AvgIpc) is 3.00. The van der Waals surface area contributed by atoms with Crippen LogP contribution in [0.3, 0.4) is 0 Å². The Bertz CT molecular complexity index is 816. The van der Waals surface area contributed by atoms with Gasteiger partial charge in [-0.2, -0.15) is 0 Å².